The first kappa shape index (κ1) is 16.4. The first-order valence-corrected chi connectivity index (χ1v) is 8.08. The number of para-hydroxylation sites is 1. The van der Waals surface area contributed by atoms with E-state index in [0.717, 1.165) is 16.9 Å². The van der Waals surface area contributed by atoms with Gasteiger partial charge in [-0.05, 0) is 29.4 Å². The normalized spacial score (nSPS) is 12.0. The number of hydrogen-bond donors (Lipinski definition) is 2. The summed E-state index contributed by atoms with van der Waals surface area (Å²) in [7, 11) is 0. The van der Waals surface area contributed by atoms with Crippen molar-refractivity contribution < 1.29 is 14.3 Å². The van der Waals surface area contributed by atoms with Gasteiger partial charge in [-0.25, -0.2) is 5.10 Å². The fourth-order valence-corrected chi connectivity index (χ4v) is 2.57. The van der Waals surface area contributed by atoms with Gasteiger partial charge in [0.2, 0.25) is 5.89 Å². The molecule has 3 aromatic rings. The van der Waals surface area contributed by atoms with Gasteiger partial charge in [0, 0.05) is 6.42 Å². The first-order chi connectivity index (χ1) is 11.7. The van der Waals surface area contributed by atoms with Crippen LogP contribution < -0.4 is 4.74 Å². The second-order valence-electron chi connectivity index (χ2n) is 5.45. The minimum Gasteiger partial charge on any atom is -0.489 e. The Morgan fingerprint density at radius 3 is 2.58 bits per heavy atom. The second kappa shape index (κ2) is 7.90. The van der Waals surface area contributed by atoms with Crippen molar-refractivity contribution in [2.75, 3.05) is 0 Å². The molecule has 24 heavy (non-hydrogen) atoms. The lowest BCUT2D eigenvalue weighted by atomic mass is 10.0. The van der Waals surface area contributed by atoms with Crippen molar-refractivity contribution >= 4 is 12.2 Å². The van der Waals surface area contributed by atoms with Crippen molar-refractivity contribution in [1.29, 1.82) is 0 Å². The highest BCUT2D eigenvalue weighted by Gasteiger charge is 2.13. The maximum Gasteiger partial charge on any atom is 0.284 e. The van der Waals surface area contributed by atoms with E-state index in [1.165, 1.54) is 0 Å². The van der Waals surface area contributed by atoms with Crippen LogP contribution in [-0.4, -0.2) is 21.4 Å². The fraction of sp³-hybridized carbons (Fsp3) is 0.222. The van der Waals surface area contributed by atoms with Gasteiger partial charge in [0.05, 0.1) is 12.5 Å². The van der Waals surface area contributed by atoms with Crippen LogP contribution in [0.5, 0.6) is 5.75 Å². The highest BCUT2D eigenvalue weighted by Crippen LogP contribution is 2.21. The van der Waals surface area contributed by atoms with Gasteiger partial charge in [0.15, 0.2) is 0 Å². The maximum atomic E-state index is 10.3. The molecule has 2 aromatic carbocycles. The van der Waals surface area contributed by atoms with Crippen LogP contribution in [0.15, 0.2) is 59.0 Å². The maximum absolute atomic E-state index is 10.3. The molecule has 0 saturated carbocycles. The molecule has 0 amide bonds. The van der Waals surface area contributed by atoms with Crippen LogP contribution in [0.3, 0.4) is 0 Å². The molecule has 0 spiro atoms. The molecule has 0 bridgehead atoms. The molecular weight excluding hydrogens is 324 g/mol. The summed E-state index contributed by atoms with van der Waals surface area (Å²) in [5, 5.41) is 16.7. The zero-order valence-corrected chi connectivity index (χ0v) is 13.8. The van der Waals surface area contributed by atoms with Gasteiger partial charge in [-0.3, -0.25) is 0 Å². The minimum atomic E-state index is -0.632. The summed E-state index contributed by atoms with van der Waals surface area (Å²) in [6.07, 6.45) is 0.105. The fourth-order valence-electron chi connectivity index (χ4n) is 2.42. The topological polar surface area (TPSA) is 71.3 Å². The summed E-state index contributed by atoms with van der Waals surface area (Å²) in [4.78, 5) is 0.212. The van der Waals surface area contributed by atoms with Gasteiger partial charge in [-0.2, -0.15) is 0 Å². The van der Waals surface area contributed by atoms with Crippen molar-refractivity contribution in [1.82, 2.24) is 10.2 Å². The lowest BCUT2D eigenvalue weighted by Gasteiger charge is -2.14. The molecule has 3 rings (SSSR count). The van der Waals surface area contributed by atoms with Crippen molar-refractivity contribution in [3.8, 4) is 5.75 Å². The van der Waals surface area contributed by atoms with Crippen LogP contribution in [0.2, 0.25) is 0 Å². The number of aromatic nitrogens is 2. The van der Waals surface area contributed by atoms with Gasteiger partial charge in [-0.1, -0.05) is 48.5 Å². The molecule has 0 fully saturated rings. The number of aliphatic hydroxyl groups excluding tert-OH is 1. The highest BCUT2D eigenvalue weighted by atomic mass is 32.1. The van der Waals surface area contributed by atoms with E-state index in [1.54, 1.807) is 0 Å². The summed E-state index contributed by atoms with van der Waals surface area (Å²) < 4.78 is 11.1. The Morgan fingerprint density at radius 1 is 1.08 bits per heavy atom. The Bertz CT molecular complexity index is 829. The lowest BCUT2D eigenvalue weighted by Crippen LogP contribution is -2.15. The molecular formula is C18H18N2O3S. The zero-order chi connectivity index (χ0) is 16.8. The van der Waals surface area contributed by atoms with E-state index in [4.69, 9.17) is 21.4 Å². The Labute approximate surface area is 144 Å². The average molecular weight is 342 g/mol. The van der Waals surface area contributed by atoms with Crippen LogP contribution in [0.4, 0.5) is 0 Å². The Hall–Kier alpha value is -2.44. The van der Waals surface area contributed by atoms with Crippen LogP contribution >= 0.6 is 12.2 Å². The third-order valence-corrected chi connectivity index (χ3v) is 3.73. The van der Waals surface area contributed by atoms with E-state index in [1.807, 2.05) is 54.6 Å². The smallest absolute Gasteiger partial charge is 0.284 e. The molecule has 0 aliphatic heterocycles. The van der Waals surface area contributed by atoms with E-state index in [2.05, 4.69) is 10.2 Å². The molecule has 1 unspecified atom stereocenters. The zero-order valence-electron chi connectivity index (χ0n) is 13.0. The van der Waals surface area contributed by atoms with Gasteiger partial charge < -0.3 is 14.3 Å². The number of nitrogens with zero attached hydrogens (tertiary/aromatic N) is 1. The molecule has 0 saturated heterocycles. The number of rotatable bonds is 7. The van der Waals surface area contributed by atoms with Crippen LogP contribution in [0.1, 0.15) is 17.0 Å². The summed E-state index contributed by atoms with van der Waals surface area (Å²) >= 11 is 4.83. The van der Waals surface area contributed by atoms with Crippen LogP contribution in [-0.2, 0) is 19.4 Å². The largest absolute Gasteiger partial charge is 0.489 e. The molecule has 2 N–H and O–H groups in total. The van der Waals surface area contributed by atoms with Crippen molar-refractivity contribution in [3.63, 3.8) is 0 Å². The molecule has 1 atom stereocenters. The Kier molecular flexibility index (Phi) is 5.40. The summed E-state index contributed by atoms with van der Waals surface area (Å²) in [5.41, 5.74) is 2.04. The van der Waals surface area contributed by atoms with Crippen molar-refractivity contribution in [2.24, 2.45) is 0 Å². The molecule has 124 valence electrons. The predicted molar refractivity (Wildman–Crippen MR) is 92.3 cm³/mol. The van der Waals surface area contributed by atoms with E-state index >= 15 is 0 Å². The van der Waals surface area contributed by atoms with Crippen LogP contribution in [0.25, 0.3) is 0 Å². The first-order valence-electron chi connectivity index (χ1n) is 7.68. The number of H-pyrrole nitrogens is 1. The Morgan fingerprint density at radius 2 is 1.83 bits per heavy atom. The summed E-state index contributed by atoms with van der Waals surface area (Å²) in [6.45, 7) is 0.488. The highest BCUT2D eigenvalue weighted by molar-refractivity contribution is 7.71. The molecule has 1 aromatic heterocycles. The molecule has 0 radical (unpaired) electrons. The third kappa shape index (κ3) is 4.53. The number of benzene rings is 2. The van der Waals surface area contributed by atoms with Crippen LogP contribution in [0, 0.1) is 4.84 Å². The molecule has 5 nitrogen and oxygen atoms in total. The van der Waals surface area contributed by atoms with E-state index in [-0.39, 0.29) is 4.84 Å². The summed E-state index contributed by atoms with van der Waals surface area (Å²) in [5.74, 6) is 1.17. The lowest BCUT2D eigenvalue weighted by molar-refractivity contribution is 0.164. The number of ether oxygens (including phenoxy) is 1. The number of hydrogen-bond acceptors (Lipinski definition) is 5. The molecule has 6 heteroatoms. The number of aromatic amines is 1. The molecule has 1 heterocycles. The number of aliphatic hydroxyl groups is 1. The molecule has 0 aliphatic carbocycles. The quantitative estimate of drug-likeness (QED) is 0.644. The van der Waals surface area contributed by atoms with Gasteiger partial charge in [-0.15, -0.1) is 5.10 Å². The third-order valence-electron chi connectivity index (χ3n) is 3.56. The van der Waals surface area contributed by atoms with Crippen molar-refractivity contribution in [2.45, 2.75) is 25.6 Å². The predicted octanol–water partition coefficient (Wildman–Crippen LogP) is 3.46. The standard InChI is InChI=1S/C18H18N2O3S/c21-15(11-17-19-20-18(24)23-17)10-14-8-4-5-9-16(14)22-12-13-6-2-1-3-7-13/h1-9,15,21H,10-12H2,(H,20,24). The summed E-state index contributed by atoms with van der Waals surface area (Å²) in [6, 6.07) is 17.7. The SMILES string of the molecule is OC(Cc1n[nH]c(=S)o1)Cc1ccccc1OCc1ccccc1. The van der Waals surface area contributed by atoms with Gasteiger partial charge in [0.1, 0.15) is 12.4 Å². The van der Waals surface area contributed by atoms with Gasteiger partial charge in [0.25, 0.3) is 4.84 Å². The second-order valence-corrected chi connectivity index (χ2v) is 5.82. The Balaban J connectivity index is 1.64. The molecule has 0 aliphatic rings. The monoisotopic (exact) mass is 342 g/mol. The number of nitrogens with one attached hydrogen (secondary N) is 1. The van der Waals surface area contributed by atoms with E-state index in [0.29, 0.717) is 25.3 Å². The average Bonchev–Trinajstić information content (AvgIpc) is 3.00. The van der Waals surface area contributed by atoms with Gasteiger partial charge >= 0.3 is 0 Å². The van der Waals surface area contributed by atoms with E-state index < -0.39 is 6.10 Å². The van der Waals surface area contributed by atoms with E-state index in [9.17, 15) is 5.11 Å². The minimum absolute atomic E-state index is 0.212. The van der Waals surface area contributed by atoms with Crippen molar-refractivity contribution in [3.05, 3.63) is 76.5 Å².